The Kier molecular flexibility index (Phi) is 4.14. The van der Waals surface area contributed by atoms with Gasteiger partial charge in [-0.1, -0.05) is 30.3 Å². The number of aromatic nitrogens is 3. The molecule has 7 nitrogen and oxygen atoms in total. The molecular formula is C18H17N3O4. The van der Waals surface area contributed by atoms with E-state index < -0.39 is 17.1 Å². The average Bonchev–Trinajstić information content (AvgIpc) is 2.57. The summed E-state index contributed by atoms with van der Waals surface area (Å²) in [5.41, 5.74) is 1.18. The standard InChI is InChI=1S/C18H17N3O4/c1-10-8-13(12-6-4-3-5-7-12)15(22)11(2)14(10)9-21-17(24)19-16(23)20-18(21)25/h3-8,22H,9H2,1-2H3,(H2,19,20,23,24,25). The number of hydrogen-bond donors (Lipinski definition) is 3. The summed E-state index contributed by atoms with van der Waals surface area (Å²) in [5, 5.41) is 10.6. The van der Waals surface area contributed by atoms with Crippen LogP contribution in [0.4, 0.5) is 0 Å². The van der Waals surface area contributed by atoms with Crippen LogP contribution >= 0.6 is 0 Å². The molecule has 0 spiro atoms. The van der Waals surface area contributed by atoms with Crippen molar-refractivity contribution in [1.82, 2.24) is 14.5 Å². The Morgan fingerprint density at radius 3 is 2.20 bits per heavy atom. The highest BCUT2D eigenvalue weighted by Gasteiger charge is 2.15. The van der Waals surface area contributed by atoms with Crippen LogP contribution < -0.4 is 17.1 Å². The number of aryl methyl sites for hydroxylation is 1. The first-order valence-corrected chi connectivity index (χ1v) is 7.69. The van der Waals surface area contributed by atoms with Crippen LogP contribution in [-0.2, 0) is 6.54 Å². The lowest BCUT2D eigenvalue weighted by Crippen LogP contribution is -2.43. The number of hydrogen-bond acceptors (Lipinski definition) is 4. The molecule has 0 amide bonds. The Hall–Kier alpha value is -3.35. The molecule has 3 rings (SSSR count). The van der Waals surface area contributed by atoms with Crippen LogP contribution in [0.15, 0.2) is 50.8 Å². The average molecular weight is 339 g/mol. The van der Waals surface area contributed by atoms with E-state index in [4.69, 9.17) is 0 Å². The van der Waals surface area contributed by atoms with Crippen LogP contribution in [0.2, 0.25) is 0 Å². The second-order valence-electron chi connectivity index (χ2n) is 5.83. The molecule has 3 N–H and O–H groups in total. The van der Waals surface area contributed by atoms with E-state index in [-0.39, 0.29) is 12.3 Å². The first-order chi connectivity index (χ1) is 11.9. The van der Waals surface area contributed by atoms with E-state index in [1.807, 2.05) is 53.3 Å². The van der Waals surface area contributed by atoms with Crippen molar-refractivity contribution in [2.75, 3.05) is 0 Å². The maximum Gasteiger partial charge on any atom is 0.333 e. The quantitative estimate of drug-likeness (QED) is 0.667. The minimum Gasteiger partial charge on any atom is -0.507 e. The topological polar surface area (TPSA) is 108 Å². The molecule has 0 aliphatic carbocycles. The highest BCUT2D eigenvalue weighted by atomic mass is 16.3. The van der Waals surface area contributed by atoms with Crippen molar-refractivity contribution in [2.24, 2.45) is 0 Å². The van der Waals surface area contributed by atoms with Gasteiger partial charge in [0.1, 0.15) is 5.75 Å². The smallest absolute Gasteiger partial charge is 0.333 e. The Balaban J connectivity index is 2.14. The summed E-state index contributed by atoms with van der Waals surface area (Å²) in [6, 6.07) is 11.3. The van der Waals surface area contributed by atoms with Crippen molar-refractivity contribution in [3.05, 3.63) is 84.5 Å². The number of benzene rings is 2. The third-order valence-electron chi connectivity index (χ3n) is 4.23. The van der Waals surface area contributed by atoms with E-state index in [9.17, 15) is 19.5 Å². The number of aromatic hydroxyl groups is 1. The molecular weight excluding hydrogens is 322 g/mol. The van der Waals surface area contributed by atoms with Gasteiger partial charge >= 0.3 is 17.1 Å². The Bertz CT molecular complexity index is 1070. The summed E-state index contributed by atoms with van der Waals surface area (Å²) in [4.78, 5) is 39.0. The number of rotatable bonds is 3. The molecule has 0 fully saturated rings. The Labute approximate surface area is 142 Å². The summed E-state index contributed by atoms with van der Waals surface area (Å²) >= 11 is 0. The van der Waals surface area contributed by atoms with Gasteiger partial charge in [-0.15, -0.1) is 0 Å². The molecule has 7 heteroatoms. The predicted molar refractivity (Wildman–Crippen MR) is 94.1 cm³/mol. The van der Waals surface area contributed by atoms with Crippen molar-refractivity contribution in [1.29, 1.82) is 0 Å². The lowest BCUT2D eigenvalue weighted by molar-refractivity contribution is 0.471. The third-order valence-corrected chi connectivity index (χ3v) is 4.23. The zero-order valence-electron chi connectivity index (χ0n) is 13.8. The molecule has 0 aliphatic heterocycles. The molecule has 0 unspecified atom stereocenters. The fourth-order valence-electron chi connectivity index (χ4n) is 2.85. The Morgan fingerprint density at radius 1 is 1.00 bits per heavy atom. The van der Waals surface area contributed by atoms with Crippen molar-refractivity contribution >= 4 is 0 Å². The molecule has 25 heavy (non-hydrogen) atoms. The maximum absolute atomic E-state index is 11.9. The van der Waals surface area contributed by atoms with E-state index in [2.05, 4.69) is 0 Å². The number of phenolic OH excluding ortho intramolecular Hbond substituents is 1. The Morgan fingerprint density at radius 2 is 1.60 bits per heavy atom. The molecule has 0 radical (unpaired) electrons. The highest BCUT2D eigenvalue weighted by Crippen LogP contribution is 2.35. The summed E-state index contributed by atoms with van der Waals surface area (Å²) in [6.07, 6.45) is 0. The van der Waals surface area contributed by atoms with Crippen LogP contribution in [0.1, 0.15) is 16.7 Å². The largest absolute Gasteiger partial charge is 0.507 e. The summed E-state index contributed by atoms with van der Waals surface area (Å²) in [6.45, 7) is 3.53. The van der Waals surface area contributed by atoms with Gasteiger partial charge in [0.15, 0.2) is 0 Å². The molecule has 2 aromatic carbocycles. The van der Waals surface area contributed by atoms with Gasteiger partial charge in [0.2, 0.25) is 0 Å². The van der Waals surface area contributed by atoms with E-state index in [1.165, 1.54) is 0 Å². The van der Waals surface area contributed by atoms with Gasteiger partial charge in [-0.3, -0.25) is 9.97 Å². The molecule has 0 aliphatic rings. The van der Waals surface area contributed by atoms with Crippen LogP contribution in [0.25, 0.3) is 11.1 Å². The minimum atomic E-state index is -0.845. The predicted octanol–water partition coefficient (Wildman–Crippen LogP) is 1.26. The van der Waals surface area contributed by atoms with Gasteiger partial charge in [0, 0.05) is 5.56 Å². The molecule has 0 saturated carbocycles. The van der Waals surface area contributed by atoms with Gasteiger partial charge in [0.25, 0.3) is 0 Å². The molecule has 1 heterocycles. The van der Waals surface area contributed by atoms with Crippen molar-refractivity contribution in [3.63, 3.8) is 0 Å². The van der Waals surface area contributed by atoms with Crippen molar-refractivity contribution < 1.29 is 5.11 Å². The van der Waals surface area contributed by atoms with Gasteiger partial charge in [0.05, 0.1) is 6.54 Å². The van der Waals surface area contributed by atoms with Crippen LogP contribution in [0, 0.1) is 13.8 Å². The van der Waals surface area contributed by atoms with Crippen molar-refractivity contribution in [3.8, 4) is 16.9 Å². The second kappa shape index (κ2) is 6.27. The molecule has 0 saturated heterocycles. The summed E-state index contributed by atoms with van der Waals surface area (Å²) in [7, 11) is 0. The lowest BCUT2D eigenvalue weighted by atomic mass is 9.94. The molecule has 0 bridgehead atoms. The normalized spacial score (nSPS) is 10.8. The van der Waals surface area contributed by atoms with E-state index >= 15 is 0 Å². The van der Waals surface area contributed by atoms with E-state index in [1.54, 1.807) is 6.92 Å². The number of aromatic amines is 2. The van der Waals surface area contributed by atoms with Gasteiger partial charge in [-0.05, 0) is 42.2 Å². The lowest BCUT2D eigenvalue weighted by Gasteiger charge is -2.16. The number of nitrogens with zero attached hydrogens (tertiary/aromatic N) is 1. The van der Waals surface area contributed by atoms with Gasteiger partial charge in [-0.25, -0.2) is 19.0 Å². The van der Waals surface area contributed by atoms with E-state index in [0.717, 1.165) is 15.7 Å². The van der Waals surface area contributed by atoms with E-state index in [0.29, 0.717) is 16.7 Å². The van der Waals surface area contributed by atoms with Crippen LogP contribution in [-0.4, -0.2) is 19.6 Å². The summed E-state index contributed by atoms with van der Waals surface area (Å²) < 4.78 is 0.887. The van der Waals surface area contributed by atoms with Gasteiger partial charge < -0.3 is 5.11 Å². The third kappa shape index (κ3) is 3.03. The second-order valence-corrected chi connectivity index (χ2v) is 5.83. The van der Waals surface area contributed by atoms with Crippen LogP contribution in [0.3, 0.4) is 0 Å². The fraction of sp³-hybridized carbons (Fsp3) is 0.167. The van der Waals surface area contributed by atoms with Crippen molar-refractivity contribution in [2.45, 2.75) is 20.4 Å². The monoisotopic (exact) mass is 339 g/mol. The zero-order chi connectivity index (χ0) is 18.1. The molecule has 128 valence electrons. The highest BCUT2D eigenvalue weighted by molar-refractivity contribution is 5.73. The molecule has 0 atom stereocenters. The number of phenols is 1. The summed E-state index contributed by atoms with van der Waals surface area (Å²) in [5.74, 6) is 0.0979. The van der Waals surface area contributed by atoms with Crippen LogP contribution in [0.5, 0.6) is 5.75 Å². The zero-order valence-corrected chi connectivity index (χ0v) is 13.8. The van der Waals surface area contributed by atoms with Gasteiger partial charge in [-0.2, -0.15) is 0 Å². The first kappa shape index (κ1) is 16.5. The molecule has 1 aromatic heterocycles. The number of nitrogens with one attached hydrogen (secondary N) is 2. The SMILES string of the molecule is Cc1cc(-c2ccccc2)c(O)c(C)c1Cn1c(=O)[nH]c(=O)[nH]c1=O. The minimum absolute atomic E-state index is 0.0504. The number of H-pyrrole nitrogens is 2. The first-order valence-electron chi connectivity index (χ1n) is 7.69. The fourth-order valence-corrected chi connectivity index (χ4v) is 2.85. The maximum atomic E-state index is 11.9. The molecule has 3 aromatic rings.